The van der Waals surface area contributed by atoms with Gasteiger partial charge in [0.15, 0.2) is 0 Å². The van der Waals surface area contributed by atoms with Crippen molar-refractivity contribution in [2.75, 3.05) is 6.61 Å². The molecule has 1 fully saturated rings. The predicted molar refractivity (Wildman–Crippen MR) is 52.8 cm³/mol. The molecule has 0 saturated heterocycles. The van der Waals surface area contributed by atoms with E-state index in [1.54, 1.807) is 6.92 Å². The molecule has 0 bridgehead atoms. The minimum absolute atomic E-state index is 0.0272. The Hall–Kier alpha value is -0.860. The van der Waals surface area contributed by atoms with E-state index in [0.717, 1.165) is 12.8 Å². The number of unbranched alkanes of at least 4 members (excludes halogenated alkanes) is 1. The molecule has 0 radical (unpaired) electrons. The largest absolute Gasteiger partial charge is 0.466 e. The molecule has 0 heterocycles. The third-order valence-electron chi connectivity index (χ3n) is 2.57. The summed E-state index contributed by atoms with van der Waals surface area (Å²) in [6, 6.07) is 0. The van der Waals surface area contributed by atoms with Crippen LogP contribution in [-0.2, 0) is 14.3 Å². The first-order chi connectivity index (χ1) is 6.70. The Labute approximate surface area is 84.8 Å². The molecule has 2 atom stereocenters. The van der Waals surface area contributed by atoms with E-state index in [2.05, 4.69) is 6.92 Å². The molecule has 3 heteroatoms. The maximum Gasteiger partial charge on any atom is 0.309 e. The molecule has 1 saturated carbocycles. The summed E-state index contributed by atoms with van der Waals surface area (Å²) in [5, 5.41) is 0. The van der Waals surface area contributed by atoms with Crippen molar-refractivity contribution in [3.8, 4) is 0 Å². The van der Waals surface area contributed by atoms with Crippen molar-refractivity contribution in [1.29, 1.82) is 0 Å². The molecule has 14 heavy (non-hydrogen) atoms. The fraction of sp³-hybridized carbons (Fsp3) is 0.818. The van der Waals surface area contributed by atoms with Gasteiger partial charge in [-0.1, -0.05) is 13.3 Å². The van der Waals surface area contributed by atoms with Crippen LogP contribution in [0, 0.1) is 11.8 Å². The van der Waals surface area contributed by atoms with Gasteiger partial charge in [-0.25, -0.2) is 0 Å². The van der Waals surface area contributed by atoms with Gasteiger partial charge in [-0.05, 0) is 19.8 Å². The average molecular weight is 198 g/mol. The predicted octanol–water partition coefficient (Wildman–Crippen LogP) is 1.94. The highest BCUT2D eigenvalue weighted by molar-refractivity contribution is 5.91. The fourth-order valence-electron chi connectivity index (χ4n) is 1.60. The number of ketones is 1. The molecule has 80 valence electrons. The molecule has 1 aliphatic rings. The monoisotopic (exact) mass is 198 g/mol. The Bertz CT molecular complexity index is 223. The standard InChI is InChI=1S/C11H18O3/c1-3-5-6-10(12)8-7-9(8)11(13)14-4-2/h8-9H,3-7H2,1-2H3. The molecular formula is C11H18O3. The van der Waals surface area contributed by atoms with E-state index in [1.807, 2.05) is 0 Å². The molecule has 0 amide bonds. The normalized spacial score (nSPS) is 24.4. The van der Waals surface area contributed by atoms with Crippen molar-refractivity contribution < 1.29 is 14.3 Å². The van der Waals surface area contributed by atoms with Gasteiger partial charge in [0, 0.05) is 12.3 Å². The Kier molecular flexibility index (Phi) is 4.11. The third-order valence-corrected chi connectivity index (χ3v) is 2.57. The summed E-state index contributed by atoms with van der Waals surface area (Å²) in [6.45, 7) is 4.25. The van der Waals surface area contributed by atoms with Gasteiger partial charge in [0.25, 0.3) is 0 Å². The summed E-state index contributed by atoms with van der Waals surface area (Å²) >= 11 is 0. The number of hydrogen-bond donors (Lipinski definition) is 0. The lowest BCUT2D eigenvalue weighted by molar-refractivity contribution is -0.145. The molecule has 0 aromatic carbocycles. The number of hydrogen-bond acceptors (Lipinski definition) is 3. The van der Waals surface area contributed by atoms with Crippen molar-refractivity contribution in [2.24, 2.45) is 11.8 Å². The molecule has 1 aliphatic carbocycles. The first-order valence-electron chi connectivity index (χ1n) is 5.40. The summed E-state index contributed by atoms with van der Waals surface area (Å²) in [5.41, 5.74) is 0. The molecule has 1 rings (SSSR count). The highest BCUT2D eigenvalue weighted by Gasteiger charge is 2.48. The Balaban J connectivity index is 2.24. The van der Waals surface area contributed by atoms with Gasteiger partial charge in [0.2, 0.25) is 0 Å². The zero-order valence-electron chi connectivity index (χ0n) is 8.91. The van der Waals surface area contributed by atoms with Crippen LogP contribution in [0.2, 0.25) is 0 Å². The topological polar surface area (TPSA) is 43.4 Å². The zero-order valence-corrected chi connectivity index (χ0v) is 8.91. The highest BCUT2D eigenvalue weighted by Crippen LogP contribution is 2.41. The summed E-state index contributed by atoms with van der Waals surface area (Å²) in [4.78, 5) is 22.7. The van der Waals surface area contributed by atoms with E-state index in [0.29, 0.717) is 19.4 Å². The summed E-state index contributed by atoms with van der Waals surface area (Å²) in [6.07, 6.45) is 3.30. The van der Waals surface area contributed by atoms with E-state index < -0.39 is 0 Å². The minimum Gasteiger partial charge on any atom is -0.466 e. The van der Waals surface area contributed by atoms with E-state index in [1.165, 1.54) is 0 Å². The second-order valence-electron chi connectivity index (χ2n) is 3.77. The van der Waals surface area contributed by atoms with Gasteiger partial charge in [0.05, 0.1) is 12.5 Å². The number of Topliss-reactive ketones (excluding diaryl/α,β-unsaturated/α-hetero) is 1. The SMILES string of the molecule is CCCCC(=O)C1CC1C(=O)OCC. The van der Waals surface area contributed by atoms with Crippen molar-refractivity contribution >= 4 is 11.8 Å². The van der Waals surface area contributed by atoms with E-state index in [-0.39, 0.29) is 23.6 Å². The van der Waals surface area contributed by atoms with E-state index >= 15 is 0 Å². The zero-order chi connectivity index (χ0) is 10.6. The number of carbonyl (C=O) groups is 2. The Morgan fingerprint density at radius 3 is 2.57 bits per heavy atom. The molecule has 0 spiro atoms. The number of carbonyl (C=O) groups excluding carboxylic acids is 2. The average Bonchev–Trinajstić information content (AvgIpc) is 2.94. The maximum absolute atomic E-state index is 11.5. The quantitative estimate of drug-likeness (QED) is 0.613. The Morgan fingerprint density at radius 2 is 2.00 bits per heavy atom. The molecule has 0 aliphatic heterocycles. The van der Waals surface area contributed by atoms with E-state index in [4.69, 9.17) is 4.74 Å². The van der Waals surface area contributed by atoms with Gasteiger partial charge in [0.1, 0.15) is 5.78 Å². The van der Waals surface area contributed by atoms with Crippen LogP contribution in [0.25, 0.3) is 0 Å². The summed E-state index contributed by atoms with van der Waals surface area (Å²) < 4.78 is 4.86. The lowest BCUT2D eigenvalue weighted by Gasteiger charge is -2.00. The van der Waals surface area contributed by atoms with Crippen molar-refractivity contribution in [1.82, 2.24) is 0 Å². The van der Waals surface area contributed by atoms with Crippen LogP contribution in [0.1, 0.15) is 39.5 Å². The summed E-state index contributed by atoms with van der Waals surface area (Å²) in [5.74, 6) is -0.104. The van der Waals surface area contributed by atoms with Crippen LogP contribution >= 0.6 is 0 Å². The minimum atomic E-state index is -0.192. The first-order valence-corrected chi connectivity index (χ1v) is 5.40. The molecule has 0 N–H and O–H groups in total. The molecule has 3 nitrogen and oxygen atoms in total. The molecule has 0 aromatic heterocycles. The van der Waals surface area contributed by atoms with Gasteiger partial charge in [-0.2, -0.15) is 0 Å². The van der Waals surface area contributed by atoms with Crippen LogP contribution in [0.15, 0.2) is 0 Å². The van der Waals surface area contributed by atoms with Crippen LogP contribution in [-0.4, -0.2) is 18.4 Å². The fourth-order valence-corrected chi connectivity index (χ4v) is 1.60. The van der Waals surface area contributed by atoms with Crippen molar-refractivity contribution in [3.63, 3.8) is 0 Å². The van der Waals surface area contributed by atoms with Gasteiger partial charge < -0.3 is 4.74 Å². The number of esters is 1. The maximum atomic E-state index is 11.5. The second-order valence-corrected chi connectivity index (χ2v) is 3.77. The first kappa shape index (κ1) is 11.2. The Morgan fingerprint density at radius 1 is 1.29 bits per heavy atom. The van der Waals surface area contributed by atoms with Crippen LogP contribution in [0.4, 0.5) is 0 Å². The van der Waals surface area contributed by atoms with Gasteiger partial charge in [-0.3, -0.25) is 9.59 Å². The van der Waals surface area contributed by atoms with Crippen molar-refractivity contribution in [2.45, 2.75) is 39.5 Å². The van der Waals surface area contributed by atoms with Crippen LogP contribution in [0.3, 0.4) is 0 Å². The second kappa shape index (κ2) is 5.13. The molecule has 0 aromatic rings. The molecular weight excluding hydrogens is 180 g/mol. The smallest absolute Gasteiger partial charge is 0.309 e. The highest BCUT2D eigenvalue weighted by atomic mass is 16.5. The lowest BCUT2D eigenvalue weighted by Crippen LogP contribution is -2.11. The third kappa shape index (κ3) is 2.82. The van der Waals surface area contributed by atoms with E-state index in [9.17, 15) is 9.59 Å². The van der Waals surface area contributed by atoms with Crippen LogP contribution in [0.5, 0.6) is 0 Å². The van der Waals surface area contributed by atoms with Crippen LogP contribution < -0.4 is 0 Å². The lowest BCUT2D eigenvalue weighted by atomic mass is 10.1. The van der Waals surface area contributed by atoms with Crippen molar-refractivity contribution in [3.05, 3.63) is 0 Å². The van der Waals surface area contributed by atoms with Gasteiger partial charge in [-0.15, -0.1) is 0 Å². The number of rotatable bonds is 6. The molecule has 2 unspecified atom stereocenters. The van der Waals surface area contributed by atoms with Gasteiger partial charge >= 0.3 is 5.97 Å². The summed E-state index contributed by atoms with van der Waals surface area (Å²) in [7, 11) is 0. The number of ether oxygens (including phenoxy) is 1.